The van der Waals surface area contributed by atoms with E-state index in [1.165, 1.54) is 0 Å². The summed E-state index contributed by atoms with van der Waals surface area (Å²) in [5.41, 5.74) is 13.2. The van der Waals surface area contributed by atoms with Crippen molar-refractivity contribution in [1.82, 2.24) is 14.5 Å². The van der Waals surface area contributed by atoms with Gasteiger partial charge in [-0.2, -0.15) is 0 Å². The maximum absolute atomic E-state index is 11.6. The number of nitrogens with zero attached hydrogens (tertiary/aromatic N) is 3. The Morgan fingerprint density at radius 1 is 0.571 bits per heavy atom. The average molecular weight is 907 g/mol. The largest absolute Gasteiger partial charge is 0.507 e. The van der Waals surface area contributed by atoms with Crippen LogP contribution in [0.15, 0.2) is 170 Å². The molecule has 0 radical (unpaired) electrons. The van der Waals surface area contributed by atoms with Crippen LogP contribution < -0.4 is 0 Å². The van der Waals surface area contributed by atoms with Crippen molar-refractivity contribution in [2.45, 2.75) is 20.7 Å². The monoisotopic (exact) mass is 906 g/mol. The Kier molecular flexibility index (Phi) is 9.09. The summed E-state index contributed by atoms with van der Waals surface area (Å²) in [5, 5.41) is 11.6. The number of benzene rings is 7. The molecule has 0 spiro atoms. The zero-order chi connectivity index (χ0) is 40.0. The summed E-state index contributed by atoms with van der Waals surface area (Å²) < 4.78 is 28.2. The molecule has 56 heavy (non-hydrogen) atoms. The van der Waals surface area contributed by atoms with E-state index < -0.39 is 6.85 Å². The van der Waals surface area contributed by atoms with Crippen LogP contribution in [0.3, 0.4) is 0 Å². The van der Waals surface area contributed by atoms with Gasteiger partial charge in [-0.05, 0) is 95.5 Å². The number of imidazole rings is 1. The van der Waals surface area contributed by atoms with Gasteiger partial charge in [-0.3, -0.25) is 9.55 Å². The van der Waals surface area contributed by atoms with Crippen LogP contribution in [0, 0.1) is 26.8 Å². The standard InChI is InChI=1S/C51H38N3O.Pt/c1-33-26-35(3)50(55)45(27-33)51-53-49-44(20-13-21-48(49)54(51)47-23-22-39(28-34(47)2)36-14-7-4-8-15-36)42-29-41(38-18-11-6-12-19-38)30-43(31-42)46-32-40(24-25-52-46)37-16-9-5-10-17-37;/h4-30,32,55H,1-3H3;/q-1;/i2D3;. The van der Waals surface area contributed by atoms with Crippen molar-refractivity contribution in [3.05, 3.63) is 193 Å². The number of para-hydroxylation sites is 1. The zero-order valence-electron chi connectivity index (χ0n) is 33.8. The van der Waals surface area contributed by atoms with Gasteiger partial charge in [0, 0.05) is 37.1 Å². The number of phenolic OH excluding ortho intramolecular Hbond substituents is 1. The molecule has 0 aliphatic rings. The van der Waals surface area contributed by atoms with Gasteiger partial charge in [-0.15, -0.1) is 23.8 Å². The maximum atomic E-state index is 11.6. The molecule has 0 aliphatic carbocycles. The van der Waals surface area contributed by atoms with E-state index in [1.807, 2.05) is 140 Å². The van der Waals surface area contributed by atoms with Crippen LogP contribution in [0.5, 0.6) is 5.75 Å². The molecular weight excluding hydrogens is 866 g/mol. The molecule has 0 aliphatic heterocycles. The molecule has 0 bridgehead atoms. The fourth-order valence-corrected chi connectivity index (χ4v) is 7.45. The summed E-state index contributed by atoms with van der Waals surface area (Å²) in [5.74, 6) is 0.519. The van der Waals surface area contributed by atoms with E-state index in [2.05, 4.69) is 48.5 Å². The number of phenols is 1. The second-order valence-electron chi connectivity index (χ2n) is 13.9. The maximum Gasteiger partial charge on any atom is 0.148 e. The van der Waals surface area contributed by atoms with Crippen LogP contribution in [0.2, 0.25) is 0 Å². The van der Waals surface area contributed by atoms with E-state index >= 15 is 0 Å². The molecule has 5 heteroatoms. The van der Waals surface area contributed by atoms with Gasteiger partial charge >= 0.3 is 0 Å². The van der Waals surface area contributed by atoms with Crippen LogP contribution in [0.25, 0.3) is 83.9 Å². The summed E-state index contributed by atoms with van der Waals surface area (Å²) in [6, 6.07) is 57.6. The van der Waals surface area contributed by atoms with Gasteiger partial charge in [0.2, 0.25) is 0 Å². The first-order valence-electron chi connectivity index (χ1n) is 19.8. The number of aromatic hydroxyl groups is 1. The molecule has 7 aromatic carbocycles. The van der Waals surface area contributed by atoms with E-state index in [9.17, 15) is 5.11 Å². The Hall–Kier alpha value is -6.35. The SMILES string of the molecule is [2H]C([2H])([2H])c1cc(-c2ccccc2)ccc1-n1c(-c2cc(C)cc(C)c2O)nc2c(-c3[c-]c(-c4cc(-c5ccccc5)ccn4)cc(-c4ccccc4)c3)cccc21.[Pt]. The number of aryl methyl sites for hydroxylation is 3. The van der Waals surface area contributed by atoms with Gasteiger partial charge in [0.05, 0.1) is 22.3 Å². The minimum absolute atomic E-state index is 0. The first-order chi connectivity index (χ1) is 28.1. The molecular formula is C51H38N3OPt-. The summed E-state index contributed by atoms with van der Waals surface area (Å²) in [6.07, 6.45) is 1.83. The third-order valence-corrected chi connectivity index (χ3v) is 10.1. The van der Waals surface area contributed by atoms with Crippen LogP contribution in [0.1, 0.15) is 20.8 Å². The van der Waals surface area contributed by atoms with Gasteiger partial charge in [-0.25, -0.2) is 4.98 Å². The van der Waals surface area contributed by atoms with Crippen molar-refractivity contribution < 1.29 is 30.3 Å². The normalized spacial score (nSPS) is 12.1. The molecule has 4 nitrogen and oxygen atoms in total. The number of hydrogen-bond acceptors (Lipinski definition) is 3. The Labute approximate surface area is 346 Å². The van der Waals surface area contributed by atoms with Crippen molar-refractivity contribution >= 4 is 11.0 Å². The molecule has 0 unspecified atom stereocenters. The van der Waals surface area contributed by atoms with Crippen molar-refractivity contribution in [2.75, 3.05) is 0 Å². The van der Waals surface area contributed by atoms with Crippen LogP contribution in [-0.2, 0) is 21.1 Å². The van der Waals surface area contributed by atoms with Gasteiger partial charge in [0.25, 0.3) is 0 Å². The van der Waals surface area contributed by atoms with Crippen molar-refractivity contribution in [2.24, 2.45) is 0 Å². The molecule has 1 N–H and O–H groups in total. The van der Waals surface area contributed by atoms with Gasteiger partial charge in [-0.1, -0.05) is 138 Å². The fraction of sp³-hybridized carbons (Fsp3) is 0.0588. The molecule has 9 aromatic rings. The van der Waals surface area contributed by atoms with E-state index in [0.717, 1.165) is 61.3 Å². The first kappa shape index (κ1) is 33.0. The molecule has 274 valence electrons. The van der Waals surface area contributed by atoms with E-state index in [1.54, 1.807) is 6.07 Å². The topological polar surface area (TPSA) is 50.9 Å². The first-order valence-corrected chi connectivity index (χ1v) is 18.3. The number of fused-ring (bicyclic) bond motifs is 1. The number of pyridine rings is 1. The van der Waals surface area contributed by atoms with Crippen molar-refractivity contribution in [3.8, 4) is 78.6 Å². The predicted octanol–water partition coefficient (Wildman–Crippen LogP) is 12.9. The van der Waals surface area contributed by atoms with E-state index in [4.69, 9.17) is 14.1 Å². The Morgan fingerprint density at radius 2 is 1.21 bits per heavy atom. The molecule has 0 amide bonds. The van der Waals surface area contributed by atoms with E-state index in [0.29, 0.717) is 33.7 Å². The minimum Gasteiger partial charge on any atom is -0.507 e. The Balaban J connectivity index is 0.00000484. The van der Waals surface area contributed by atoms with Gasteiger partial charge in [0.15, 0.2) is 0 Å². The third kappa shape index (κ3) is 6.89. The average Bonchev–Trinajstić information content (AvgIpc) is 3.65. The number of aromatic nitrogens is 3. The van der Waals surface area contributed by atoms with Gasteiger partial charge in [0.1, 0.15) is 11.6 Å². The third-order valence-electron chi connectivity index (χ3n) is 10.1. The van der Waals surface area contributed by atoms with E-state index in [-0.39, 0.29) is 32.4 Å². The molecule has 9 rings (SSSR count). The van der Waals surface area contributed by atoms with Crippen LogP contribution in [0.4, 0.5) is 0 Å². The van der Waals surface area contributed by atoms with Gasteiger partial charge < -0.3 is 5.11 Å². The molecule has 0 saturated carbocycles. The van der Waals surface area contributed by atoms with Crippen molar-refractivity contribution in [3.63, 3.8) is 0 Å². The molecule has 2 heterocycles. The summed E-state index contributed by atoms with van der Waals surface area (Å²) in [6.45, 7) is 1.37. The zero-order valence-corrected chi connectivity index (χ0v) is 33.0. The molecule has 0 saturated heterocycles. The molecule has 0 fully saturated rings. The Morgan fingerprint density at radius 3 is 1.89 bits per heavy atom. The predicted molar refractivity (Wildman–Crippen MR) is 226 cm³/mol. The molecule has 0 atom stereocenters. The molecule has 2 aromatic heterocycles. The van der Waals surface area contributed by atoms with Crippen LogP contribution in [-0.4, -0.2) is 19.6 Å². The smallest absolute Gasteiger partial charge is 0.148 e. The summed E-state index contributed by atoms with van der Waals surface area (Å²) in [7, 11) is 0. The van der Waals surface area contributed by atoms with Crippen molar-refractivity contribution in [1.29, 1.82) is 0 Å². The number of rotatable bonds is 7. The number of hydrogen-bond donors (Lipinski definition) is 1. The summed E-state index contributed by atoms with van der Waals surface area (Å²) >= 11 is 0. The summed E-state index contributed by atoms with van der Waals surface area (Å²) in [4.78, 5) is 10.1. The minimum atomic E-state index is -2.47. The fourth-order valence-electron chi connectivity index (χ4n) is 7.45. The Bertz CT molecular complexity index is 2960. The van der Waals surface area contributed by atoms with Crippen LogP contribution >= 0.6 is 0 Å². The second-order valence-corrected chi connectivity index (χ2v) is 13.9. The second kappa shape index (κ2) is 15.4. The quantitative estimate of drug-likeness (QED) is 0.162.